The molecule has 0 aromatic carbocycles. The highest BCUT2D eigenvalue weighted by Gasteiger charge is 2.49. The molecule has 0 saturated heterocycles. The van der Waals surface area contributed by atoms with Crippen molar-refractivity contribution >= 4 is 23.5 Å². The van der Waals surface area contributed by atoms with Gasteiger partial charge in [0.15, 0.2) is 0 Å². The summed E-state index contributed by atoms with van der Waals surface area (Å²) in [5.41, 5.74) is -2.61. The van der Waals surface area contributed by atoms with Crippen LogP contribution in [0.1, 0.15) is 157 Å². The maximum absolute atomic E-state index is 13.4. The van der Waals surface area contributed by atoms with Gasteiger partial charge in [-0.05, 0) is 38.5 Å². The molecular formula is C30H54O6. The van der Waals surface area contributed by atoms with Crippen molar-refractivity contribution in [2.45, 2.75) is 157 Å². The molecule has 0 rings (SSSR count). The Kier molecular flexibility index (Phi) is 18.5. The summed E-state index contributed by atoms with van der Waals surface area (Å²) in [6, 6.07) is 0. The zero-order valence-corrected chi connectivity index (χ0v) is 24.2. The maximum Gasteiger partial charge on any atom is 0.369 e. The molecule has 0 N–H and O–H groups in total. The van der Waals surface area contributed by atoms with Crippen molar-refractivity contribution in [3.63, 3.8) is 0 Å². The Morgan fingerprint density at radius 3 is 1.06 bits per heavy atom. The molecule has 0 spiro atoms. The molecular weight excluding hydrogens is 456 g/mol. The fourth-order valence-electron chi connectivity index (χ4n) is 5.04. The molecule has 2 atom stereocenters. The second-order valence-electron chi connectivity index (χ2n) is 10.4. The van der Waals surface area contributed by atoms with Gasteiger partial charge in [-0.25, -0.2) is 19.4 Å². The van der Waals surface area contributed by atoms with Crippen LogP contribution < -0.4 is 0 Å². The summed E-state index contributed by atoms with van der Waals surface area (Å²) in [5.74, 6) is -1.83. The van der Waals surface area contributed by atoms with Crippen LogP contribution in [0.2, 0.25) is 0 Å². The highest BCUT2D eigenvalue weighted by molar-refractivity contribution is 6.05. The summed E-state index contributed by atoms with van der Waals surface area (Å²) in [6.07, 6.45) is 11.7. The number of Topliss-reactive ketones (excluding diaryl/α,β-unsaturated/α-hetero) is 2. The lowest BCUT2D eigenvalue weighted by Gasteiger charge is -2.31. The zero-order chi connectivity index (χ0) is 27.5. The molecule has 0 saturated carbocycles. The van der Waals surface area contributed by atoms with Crippen LogP contribution >= 0.6 is 0 Å². The summed E-state index contributed by atoms with van der Waals surface area (Å²) in [4.78, 5) is 63.9. The number of ketones is 2. The molecule has 6 heteroatoms. The Hall–Kier alpha value is -1.72. The minimum absolute atomic E-state index is 0.134. The van der Waals surface area contributed by atoms with E-state index in [2.05, 4.69) is 13.8 Å². The summed E-state index contributed by atoms with van der Waals surface area (Å²) in [5, 5.41) is 0. The van der Waals surface area contributed by atoms with Crippen LogP contribution in [0.3, 0.4) is 0 Å². The Morgan fingerprint density at radius 1 is 0.444 bits per heavy atom. The van der Waals surface area contributed by atoms with Crippen molar-refractivity contribution in [2.24, 2.45) is 10.8 Å². The van der Waals surface area contributed by atoms with Crippen molar-refractivity contribution in [1.82, 2.24) is 0 Å². The second kappa shape index (κ2) is 19.4. The van der Waals surface area contributed by atoms with E-state index >= 15 is 0 Å². The van der Waals surface area contributed by atoms with Crippen LogP contribution in [0.4, 0.5) is 0 Å². The van der Waals surface area contributed by atoms with Gasteiger partial charge in [0.25, 0.3) is 0 Å². The molecule has 0 fully saturated rings. The topological polar surface area (TPSA) is 86.7 Å². The molecule has 0 heterocycles. The van der Waals surface area contributed by atoms with E-state index in [1.165, 1.54) is 0 Å². The molecule has 0 aliphatic rings. The molecule has 6 nitrogen and oxygen atoms in total. The van der Waals surface area contributed by atoms with E-state index in [-0.39, 0.29) is 11.6 Å². The largest absolute Gasteiger partial charge is 0.369 e. The Bertz CT molecular complexity index is 602. The van der Waals surface area contributed by atoms with Gasteiger partial charge in [0, 0.05) is 12.8 Å². The number of carbonyl (C=O) groups is 4. The van der Waals surface area contributed by atoms with Gasteiger partial charge in [0.1, 0.15) is 22.4 Å². The fourth-order valence-corrected chi connectivity index (χ4v) is 5.04. The van der Waals surface area contributed by atoms with Crippen molar-refractivity contribution in [1.29, 1.82) is 0 Å². The van der Waals surface area contributed by atoms with E-state index in [4.69, 9.17) is 9.78 Å². The van der Waals surface area contributed by atoms with Gasteiger partial charge < -0.3 is 0 Å². The SMILES string of the molecule is CCCCCC(CCC)(C(=O)CCCC)C(=O)OOC(=O)C(CCC)(CCCCC)C(=O)CCCC. The quantitative estimate of drug-likeness (QED) is 0.0631. The van der Waals surface area contributed by atoms with Crippen LogP contribution in [0.25, 0.3) is 0 Å². The molecule has 0 aliphatic heterocycles. The van der Waals surface area contributed by atoms with E-state index in [0.717, 1.165) is 51.4 Å². The summed E-state index contributed by atoms with van der Waals surface area (Å²) in [7, 11) is 0. The third-order valence-corrected chi connectivity index (χ3v) is 7.32. The summed E-state index contributed by atoms with van der Waals surface area (Å²) in [6.45, 7) is 12.0. The lowest BCUT2D eigenvalue weighted by atomic mass is 9.73. The minimum Gasteiger partial charge on any atom is -0.298 e. The van der Waals surface area contributed by atoms with E-state index in [1.54, 1.807) is 0 Å². The molecule has 0 aliphatic carbocycles. The summed E-state index contributed by atoms with van der Waals surface area (Å²) < 4.78 is 0. The molecule has 0 radical (unpaired) electrons. The summed E-state index contributed by atoms with van der Waals surface area (Å²) >= 11 is 0. The monoisotopic (exact) mass is 510 g/mol. The van der Waals surface area contributed by atoms with Gasteiger partial charge >= 0.3 is 11.9 Å². The number of hydrogen-bond acceptors (Lipinski definition) is 6. The predicted octanol–water partition coefficient (Wildman–Crippen LogP) is 8.24. The molecule has 2 unspecified atom stereocenters. The normalized spacial score (nSPS) is 14.5. The number of unbranched alkanes of at least 4 members (excludes halogenated alkanes) is 6. The van der Waals surface area contributed by atoms with E-state index < -0.39 is 22.8 Å². The predicted molar refractivity (Wildman–Crippen MR) is 144 cm³/mol. The molecule has 0 amide bonds. The van der Waals surface area contributed by atoms with Crippen molar-refractivity contribution in [3.05, 3.63) is 0 Å². The first-order valence-corrected chi connectivity index (χ1v) is 14.8. The van der Waals surface area contributed by atoms with E-state index in [0.29, 0.717) is 64.2 Å². The van der Waals surface area contributed by atoms with Crippen LogP contribution in [-0.2, 0) is 29.0 Å². The Balaban J connectivity index is 5.94. The lowest BCUT2D eigenvalue weighted by molar-refractivity contribution is -0.273. The molecule has 210 valence electrons. The van der Waals surface area contributed by atoms with Crippen molar-refractivity contribution < 1.29 is 29.0 Å². The molecule has 36 heavy (non-hydrogen) atoms. The smallest absolute Gasteiger partial charge is 0.298 e. The first-order valence-electron chi connectivity index (χ1n) is 14.8. The average molecular weight is 511 g/mol. The molecule has 0 aromatic rings. The van der Waals surface area contributed by atoms with Gasteiger partial charge in [-0.1, -0.05) is 106 Å². The lowest BCUT2D eigenvalue weighted by Crippen LogP contribution is -2.44. The van der Waals surface area contributed by atoms with Crippen molar-refractivity contribution in [3.8, 4) is 0 Å². The number of hydrogen-bond donors (Lipinski definition) is 0. The van der Waals surface area contributed by atoms with E-state index in [9.17, 15) is 19.2 Å². The van der Waals surface area contributed by atoms with Crippen LogP contribution in [-0.4, -0.2) is 23.5 Å². The van der Waals surface area contributed by atoms with Gasteiger partial charge in [0.2, 0.25) is 0 Å². The third kappa shape index (κ3) is 10.3. The van der Waals surface area contributed by atoms with Crippen LogP contribution in [0, 0.1) is 10.8 Å². The van der Waals surface area contributed by atoms with Crippen LogP contribution in [0.5, 0.6) is 0 Å². The average Bonchev–Trinajstić information content (AvgIpc) is 2.87. The van der Waals surface area contributed by atoms with Crippen LogP contribution in [0.15, 0.2) is 0 Å². The minimum atomic E-state index is -1.30. The molecule has 0 aromatic heterocycles. The highest BCUT2D eigenvalue weighted by Crippen LogP contribution is 2.38. The van der Waals surface area contributed by atoms with Gasteiger partial charge in [-0.2, -0.15) is 0 Å². The molecule has 0 bridgehead atoms. The standard InChI is InChI=1S/C30H54O6/c1-7-13-17-23-29(21-11-5,25(31)19-15-9-3)27(33)35-36-28(34)30(22-12-6,24-18-14-8-2)26(32)20-16-10-4/h7-24H2,1-6H3. The Labute approximate surface area is 220 Å². The van der Waals surface area contributed by atoms with Gasteiger partial charge in [0.05, 0.1) is 0 Å². The zero-order valence-electron chi connectivity index (χ0n) is 24.2. The van der Waals surface area contributed by atoms with Gasteiger partial charge in [-0.15, -0.1) is 0 Å². The number of carbonyl (C=O) groups excluding carboxylic acids is 4. The fraction of sp³-hybridized carbons (Fsp3) is 0.867. The first-order chi connectivity index (χ1) is 17.3. The van der Waals surface area contributed by atoms with Crippen molar-refractivity contribution in [2.75, 3.05) is 0 Å². The number of rotatable bonds is 22. The second-order valence-corrected chi connectivity index (χ2v) is 10.4. The first kappa shape index (κ1) is 34.3. The third-order valence-electron chi connectivity index (χ3n) is 7.32. The maximum atomic E-state index is 13.4. The van der Waals surface area contributed by atoms with E-state index in [1.807, 2.05) is 27.7 Å². The highest BCUT2D eigenvalue weighted by atomic mass is 17.2. The Morgan fingerprint density at radius 2 is 0.778 bits per heavy atom. The van der Waals surface area contributed by atoms with Gasteiger partial charge in [-0.3, -0.25) is 9.59 Å².